The minimum atomic E-state index is 0.0157. The molecule has 1 amide bonds. The number of amides is 1. The van der Waals surface area contributed by atoms with Crippen LogP contribution in [0.3, 0.4) is 0 Å². The number of anilines is 1. The molecule has 2 aromatic rings. The predicted octanol–water partition coefficient (Wildman–Crippen LogP) is 3.10. The van der Waals surface area contributed by atoms with Gasteiger partial charge >= 0.3 is 0 Å². The second kappa shape index (κ2) is 4.96. The van der Waals surface area contributed by atoms with E-state index in [9.17, 15) is 4.79 Å². The molecule has 0 bridgehead atoms. The lowest BCUT2D eigenvalue weighted by atomic mass is 10.1. The third kappa shape index (κ3) is 2.30. The maximum Gasteiger partial charge on any atom is 0.289 e. The number of fused-ring (bicyclic) bond motifs is 1. The first-order chi connectivity index (χ1) is 9.28. The SMILES string of the molecule is CNc1ccc2oc(C(=O)N3CCCCC3)cc2c1. The number of nitrogens with zero attached hydrogens (tertiary/aromatic N) is 1. The second-order valence-electron chi connectivity index (χ2n) is 4.97. The molecule has 2 heterocycles. The first kappa shape index (κ1) is 12.1. The Morgan fingerprint density at radius 2 is 2.00 bits per heavy atom. The van der Waals surface area contributed by atoms with Gasteiger partial charge < -0.3 is 14.6 Å². The summed E-state index contributed by atoms with van der Waals surface area (Å²) in [5, 5.41) is 4.05. The highest BCUT2D eigenvalue weighted by Gasteiger charge is 2.21. The van der Waals surface area contributed by atoms with E-state index in [1.807, 2.05) is 36.2 Å². The Bertz CT molecular complexity index is 597. The largest absolute Gasteiger partial charge is 0.451 e. The lowest BCUT2D eigenvalue weighted by Crippen LogP contribution is -2.35. The number of likely N-dealkylation sites (tertiary alicyclic amines) is 1. The molecule has 0 unspecified atom stereocenters. The van der Waals surface area contributed by atoms with Gasteiger partial charge in [0.1, 0.15) is 5.58 Å². The standard InChI is InChI=1S/C15H18N2O2/c1-16-12-5-6-13-11(9-12)10-14(19-13)15(18)17-7-3-2-4-8-17/h5-6,9-10,16H,2-4,7-8H2,1H3. The molecular formula is C15H18N2O2. The van der Waals surface area contributed by atoms with Gasteiger partial charge in [0.05, 0.1) is 0 Å². The lowest BCUT2D eigenvalue weighted by molar-refractivity contribution is 0.0694. The van der Waals surface area contributed by atoms with Crippen molar-refractivity contribution in [3.05, 3.63) is 30.0 Å². The van der Waals surface area contributed by atoms with Crippen molar-refractivity contribution in [1.29, 1.82) is 0 Å². The molecule has 0 atom stereocenters. The Morgan fingerprint density at radius 1 is 1.21 bits per heavy atom. The molecule has 1 fully saturated rings. The third-order valence-electron chi connectivity index (χ3n) is 3.66. The van der Waals surface area contributed by atoms with Crippen LogP contribution in [-0.2, 0) is 0 Å². The zero-order valence-corrected chi connectivity index (χ0v) is 11.1. The molecule has 1 N–H and O–H groups in total. The van der Waals surface area contributed by atoms with Gasteiger partial charge in [-0.25, -0.2) is 0 Å². The van der Waals surface area contributed by atoms with Gasteiger partial charge in [-0.1, -0.05) is 0 Å². The van der Waals surface area contributed by atoms with Crippen LogP contribution in [0.5, 0.6) is 0 Å². The van der Waals surface area contributed by atoms with E-state index >= 15 is 0 Å². The normalized spacial score (nSPS) is 15.7. The van der Waals surface area contributed by atoms with Crippen LogP contribution in [0.25, 0.3) is 11.0 Å². The number of carbonyl (C=O) groups excluding carboxylic acids is 1. The van der Waals surface area contributed by atoms with Gasteiger partial charge in [-0.2, -0.15) is 0 Å². The van der Waals surface area contributed by atoms with E-state index in [-0.39, 0.29) is 5.91 Å². The summed E-state index contributed by atoms with van der Waals surface area (Å²) in [5.41, 5.74) is 1.78. The van der Waals surface area contributed by atoms with Crippen molar-refractivity contribution >= 4 is 22.6 Å². The fourth-order valence-corrected chi connectivity index (χ4v) is 2.56. The van der Waals surface area contributed by atoms with Gasteiger partial charge in [0.15, 0.2) is 5.76 Å². The van der Waals surface area contributed by atoms with Gasteiger partial charge in [0.25, 0.3) is 5.91 Å². The van der Waals surface area contributed by atoms with Crippen LogP contribution in [0.15, 0.2) is 28.7 Å². The number of piperidine rings is 1. The van der Waals surface area contributed by atoms with E-state index in [1.54, 1.807) is 0 Å². The second-order valence-corrected chi connectivity index (χ2v) is 4.97. The summed E-state index contributed by atoms with van der Waals surface area (Å²) in [4.78, 5) is 14.2. The van der Waals surface area contributed by atoms with Crippen molar-refractivity contribution in [3.8, 4) is 0 Å². The van der Waals surface area contributed by atoms with E-state index in [2.05, 4.69) is 5.32 Å². The molecule has 1 aromatic carbocycles. The van der Waals surface area contributed by atoms with Crippen LogP contribution in [0, 0.1) is 0 Å². The molecule has 0 saturated carbocycles. The molecule has 1 aliphatic heterocycles. The Kier molecular flexibility index (Phi) is 3.15. The third-order valence-corrected chi connectivity index (χ3v) is 3.66. The average Bonchev–Trinajstić information content (AvgIpc) is 2.90. The van der Waals surface area contributed by atoms with E-state index in [0.717, 1.165) is 42.6 Å². The van der Waals surface area contributed by atoms with Gasteiger partial charge in [-0.05, 0) is 43.5 Å². The number of benzene rings is 1. The Balaban J connectivity index is 1.89. The number of hydrogen-bond acceptors (Lipinski definition) is 3. The van der Waals surface area contributed by atoms with E-state index in [0.29, 0.717) is 5.76 Å². The van der Waals surface area contributed by atoms with Crippen molar-refractivity contribution in [2.75, 3.05) is 25.5 Å². The number of nitrogens with one attached hydrogen (secondary N) is 1. The maximum absolute atomic E-state index is 12.3. The molecule has 4 heteroatoms. The summed E-state index contributed by atoms with van der Waals surface area (Å²) in [6.45, 7) is 1.69. The van der Waals surface area contributed by atoms with Crippen LogP contribution in [0.1, 0.15) is 29.8 Å². The van der Waals surface area contributed by atoms with Crippen molar-refractivity contribution in [1.82, 2.24) is 4.90 Å². The van der Waals surface area contributed by atoms with Crippen LogP contribution < -0.4 is 5.32 Å². The summed E-state index contributed by atoms with van der Waals surface area (Å²) in [6.07, 6.45) is 3.40. The molecule has 1 aromatic heterocycles. The van der Waals surface area contributed by atoms with Crippen LogP contribution in [0.2, 0.25) is 0 Å². The summed E-state index contributed by atoms with van der Waals surface area (Å²) >= 11 is 0. The molecule has 100 valence electrons. The van der Waals surface area contributed by atoms with E-state index in [4.69, 9.17) is 4.42 Å². The van der Waals surface area contributed by atoms with Crippen molar-refractivity contribution in [3.63, 3.8) is 0 Å². The van der Waals surface area contributed by atoms with Crippen LogP contribution in [0.4, 0.5) is 5.69 Å². The van der Waals surface area contributed by atoms with Gasteiger partial charge in [-0.3, -0.25) is 4.79 Å². The molecule has 1 saturated heterocycles. The first-order valence-corrected chi connectivity index (χ1v) is 6.78. The van der Waals surface area contributed by atoms with Crippen molar-refractivity contribution < 1.29 is 9.21 Å². The molecule has 4 nitrogen and oxygen atoms in total. The fraction of sp³-hybridized carbons (Fsp3) is 0.400. The Labute approximate surface area is 112 Å². The highest BCUT2D eigenvalue weighted by molar-refractivity contribution is 5.96. The van der Waals surface area contributed by atoms with Crippen molar-refractivity contribution in [2.24, 2.45) is 0 Å². The first-order valence-electron chi connectivity index (χ1n) is 6.78. The van der Waals surface area contributed by atoms with Crippen LogP contribution in [-0.4, -0.2) is 30.9 Å². The molecule has 0 aliphatic carbocycles. The summed E-state index contributed by atoms with van der Waals surface area (Å²) in [6, 6.07) is 7.67. The van der Waals surface area contributed by atoms with E-state index < -0.39 is 0 Å². The minimum absolute atomic E-state index is 0.0157. The highest BCUT2D eigenvalue weighted by atomic mass is 16.3. The molecular weight excluding hydrogens is 240 g/mol. The zero-order chi connectivity index (χ0) is 13.2. The Morgan fingerprint density at radius 3 is 2.74 bits per heavy atom. The summed E-state index contributed by atoms with van der Waals surface area (Å²) in [7, 11) is 1.88. The minimum Gasteiger partial charge on any atom is -0.451 e. The molecule has 0 spiro atoms. The maximum atomic E-state index is 12.3. The number of furan rings is 1. The zero-order valence-electron chi connectivity index (χ0n) is 11.1. The average molecular weight is 258 g/mol. The molecule has 19 heavy (non-hydrogen) atoms. The molecule has 1 aliphatic rings. The highest BCUT2D eigenvalue weighted by Crippen LogP contribution is 2.24. The number of rotatable bonds is 2. The lowest BCUT2D eigenvalue weighted by Gasteiger charge is -2.25. The molecule has 0 radical (unpaired) electrons. The number of hydrogen-bond donors (Lipinski definition) is 1. The van der Waals surface area contributed by atoms with Gasteiger partial charge in [-0.15, -0.1) is 0 Å². The quantitative estimate of drug-likeness (QED) is 0.900. The summed E-state index contributed by atoms with van der Waals surface area (Å²) in [5.74, 6) is 0.465. The smallest absolute Gasteiger partial charge is 0.289 e. The fourth-order valence-electron chi connectivity index (χ4n) is 2.56. The number of carbonyl (C=O) groups is 1. The van der Waals surface area contributed by atoms with Crippen LogP contribution >= 0.6 is 0 Å². The van der Waals surface area contributed by atoms with Gasteiger partial charge in [0.2, 0.25) is 0 Å². The molecule has 3 rings (SSSR count). The monoisotopic (exact) mass is 258 g/mol. The van der Waals surface area contributed by atoms with Gasteiger partial charge in [0, 0.05) is 31.2 Å². The Hall–Kier alpha value is -1.97. The van der Waals surface area contributed by atoms with E-state index in [1.165, 1.54) is 6.42 Å². The topological polar surface area (TPSA) is 45.5 Å². The van der Waals surface area contributed by atoms with Crippen molar-refractivity contribution in [2.45, 2.75) is 19.3 Å². The predicted molar refractivity (Wildman–Crippen MR) is 75.5 cm³/mol. The summed E-state index contributed by atoms with van der Waals surface area (Å²) < 4.78 is 5.66.